The van der Waals surface area contributed by atoms with Crippen molar-refractivity contribution in [2.75, 3.05) is 19.8 Å². The fraction of sp³-hybridized carbons (Fsp3) is 0.286. The largest absolute Gasteiger partial charge is 0.490 e. The second-order valence-electron chi connectivity index (χ2n) is 8.06. The predicted molar refractivity (Wildman–Crippen MR) is 140 cm³/mol. The van der Waals surface area contributed by atoms with Gasteiger partial charge in [0.15, 0.2) is 11.5 Å². The van der Waals surface area contributed by atoms with E-state index in [0.717, 1.165) is 0 Å². The summed E-state index contributed by atoms with van der Waals surface area (Å²) < 4.78 is 18.6. The molecule has 2 aromatic carbocycles. The van der Waals surface area contributed by atoms with Gasteiger partial charge in [0.1, 0.15) is 0 Å². The van der Waals surface area contributed by atoms with E-state index in [1.807, 2.05) is 57.2 Å². The van der Waals surface area contributed by atoms with Crippen molar-refractivity contribution < 1.29 is 19.0 Å². The van der Waals surface area contributed by atoms with Gasteiger partial charge in [0.05, 0.1) is 49.7 Å². The molecule has 0 bridgehead atoms. The van der Waals surface area contributed by atoms with Gasteiger partial charge in [-0.15, -0.1) is 0 Å². The van der Waals surface area contributed by atoms with Gasteiger partial charge in [0, 0.05) is 17.1 Å². The molecule has 2 aromatic heterocycles. The minimum absolute atomic E-state index is 0.114. The average Bonchev–Trinajstić information content (AvgIpc) is 2.92. The minimum Gasteiger partial charge on any atom is -0.490 e. The molecule has 192 valence electrons. The van der Waals surface area contributed by atoms with Crippen LogP contribution in [0.4, 0.5) is 0 Å². The molecule has 0 aliphatic heterocycles. The highest BCUT2D eigenvalue weighted by molar-refractivity contribution is 5.96. The van der Waals surface area contributed by atoms with Crippen LogP contribution >= 0.6 is 0 Å². The highest BCUT2D eigenvalue weighted by Crippen LogP contribution is 2.39. The van der Waals surface area contributed by atoms with Crippen LogP contribution in [0.2, 0.25) is 0 Å². The molecule has 1 amide bonds. The summed E-state index contributed by atoms with van der Waals surface area (Å²) in [5.41, 5.74) is 1.43. The summed E-state index contributed by atoms with van der Waals surface area (Å²) in [5.74, 6) is 1.01. The number of hydrogen-bond donors (Lipinski definition) is 1. The fourth-order valence-corrected chi connectivity index (χ4v) is 3.97. The maximum atomic E-state index is 13.2. The zero-order valence-electron chi connectivity index (χ0n) is 21.2. The number of carbonyl (C=O) groups excluding carboxylic acids is 1. The first-order valence-corrected chi connectivity index (χ1v) is 12.3. The maximum absolute atomic E-state index is 13.2. The quantitative estimate of drug-likeness (QED) is 0.331. The number of hydrogen-bond acceptors (Lipinski definition) is 7. The molecule has 37 heavy (non-hydrogen) atoms. The Morgan fingerprint density at radius 2 is 1.54 bits per heavy atom. The summed E-state index contributed by atoms with van der Waals surface area (Å²) in [7, 11) is 0. The Balaban J connectivity index is 1.65. The lowest BCUT2D eigenvalue weighted by atomic mass is 10.1. The van der Waals surface area contributed by atoms with Gasteiger partial charge < -0.3 is 19.5 Å². The second kappa shape index (κ2) is 12.0. The lowest BCUT2D eigenvalue weighted by molar-refractivity contribution is 0.0949. The van der Waals surface area contributed by atoms with Crippen LogP contribution in [0.3, 0.4) is 0 Å². The zero-order valence-corrected chi connectivity index (χ0v) is 21.2. The number of benzene rings is 2. The Morgan fingerprint density at radius 3 is 2.16 bits per heavy atom. The molecule has 0 atom stereocenters. The summed E-state index contributed by atoms with van der Waals surface area (Å²) in [6.07, 6.45) is 1.67. The first-order valence-electron chi connectivity index (χ1n) is 12.3. The monoisotopic (exact) mass is 502 g/mol. The van der Waals surface area contributed by atoms with Crippen LogP contribution in [0.1, 0.15) is 42.5 Å². The number of nitrogens with one attached hydrogen (secondary N) is 1. The van der Waals surface area contributed by atoms with Crippen molar-refractivity contribution in [1.29, 1.82) is 0 Å². The van der Waals surface area contributed by atoms with Crippen LogP contribution in [0.5, 0.6) is 17.2 Å². The van der Waals surface area contributed by atoms with Crippen LogP contribution in [-0.2, 0) is 13.1 Å². The smallest absolute Gasteiger partial charge is 0.275 e. The number of amides is 1. The summed E-state index contributed by atoms with van der Waals surface area (Å²) in [6.45, 7) is 7.17. The molecule has 4 aromatic rings. The molecule has 0 radical (unpaired) electrons. The number of nitrogens with zero attached hydrogens (tertiary/aromatic N) is 3. The first kappa shape index (κ1) is 25.7. The molecule has 0 aliphatic rings. The lowest BCUT2D eigenvalue weighted by Gasteiger charge is -2.17. The number of carbonyl (C=O) groups is 1. The Morgan fingerprint density at radius 1 is 0.892 bits per heavy atom. The van der Waals surface area contributed by atoms with Crippen molar-refractivity contribution in [3.8, 4) is 17.2 Å². The van der Waals surface area contributed by atoms with Gasteiger partial charge in [0.2, 0.25) is 5.75 Å². The van der Waals surface area contributed by atoms with Crippen LogP contribution in [0.25, 0.3) is 10.8 Å². The highest BCUT2D eigenvalue weighted by atomic mass is 16.5. The summed E-state index contributed by atoms with van der Waals surface area (Å²) in [6, 6.07) is 16.0. The molecule has 9 nitrogen and oxygen atoms in total. The molecule has 9 heteroatoms. The molecule has 0 spiro atoms. The van der Waals surface area contributed by atoms with Crippen LogP contribution in [0, 0.1) is 0 Å². The van der Waals surface area contributed by atoms with E-state index in [1.165, 1.54) is 4.68 Å². The first-order chi connectivity index (χ1) is 18.0. The number of aromatic nitrogens is 3. The standard InChI is InChI=1S/C28H30N4O5/c1-4-35-24-15-19(16-25(36-5-2)26(24)37-6-3)27(33)30-17-23-21-12-7-8-13-22(21)28(34)32(31-23)18-20-11-9-10-14-29-20/h7-16H,4-6,17-18H2,1-3H3,(H,30,33). The molecular formula is C28H30N4O5. The van der Waals surface area contributed by atoms with Gasteiger partial charge in [-0.1, -0.05) is 24.3 Å². The van der Waals surface area contributed by atoms with E-state index in [0.29, 0.717) is 64.8 Å². The van der Waals surface area contributed by atoms with Crippen molar-refractivity contribution in [2.24, 2.45) is 0 Å². The third-order valence-corrected chi connectivity index (χ3v) is 5.57. The highest BCUT2D eigenvalue weighted by Gasteiger charge is 2.19. The van der Waals surface area contributed by atoms with E-state index in [1.54, 1.807) is 24.4 Å². The van der Waals surface area contributed by atoms with Crippen molar-refractivity contribution in [3.05, 3.63) is 88.1 Å². The lowest BCUT2D eigenvalue weighted by Crippen LogP contribution is -2.29. The summed E-state index contributed by atoms with van der Waals surface area (Å²) in [5, 5.41) is 8.70. The Hall–Kier alpha value is -4.40. The van der Waals surface area contributed by atoms with Gasteiger partial charge in [-0.05, 0) is 51.1 Å². The normalized spacial score (nSPS) is 10.8. The van der Waals surface area contributed by atoms with E-state index in [9.17, 15) is 9.59 Å². The Labute approximate surface area is 215 Å². The number of ether oxygens (including phenoxy) is 3. The number of rotatable bonds is 11. The van der Waals surface area contributed by atoms with E-state index >= 15 is 0 Å². The van der Waals surface area contributed by atoms with Crippen molar-refractivity contribution in [2.45, 2.75) is 33.9 Å². The molecule has 0 aliphatic carbocycles. The second-order valence-corrected chi connectivity index (χ2v) is 8.06. The minimum atomic E-state index is -0.335. The van der Waals surface area contributed by atoms with Gasteiger partial charge in [-0.25, -0.2) is 4.68 Å². The molecule has 0 saturated carbocycles. The molecule has 1 N–H and O–H groups in total. The summed E-state index contributed by atoms with van der Waals surface area (Å²) >= 11 is 0. The van der Waals surface area contributed by atoms with E-state index in [4.69, 9.17) is 14.2 Å². The van der Waals surface area contributed by atoms with Gasteiger partial charge in [0.25, 0.3) is 11.5 Å². The van der Waals surface area contributed by atoms with Crippen LogP contribution in [0.15, 0.2) is 65.6 Å². The molecule has 0 saturated heterocycles. The number of fused-ring (bicyclic) bond motifs is 1. The fourth-order valence-electron chi connectivity index (χ4n) is 3.97. The van der Waals surface area contributed by atoms with E-state index < -0.39 is 0 Å². The van der Waals surface area contributed by atoms with E-state index in [-0.39, 0.29) is 24.6 Å². The van der Waals surface area contributed by atoms with Crippen LogP contribution in [-0.4, -0.2) is 40.5 Å². The Kier molecular flexibility index (Phi) is 8.35. The van der Waals surface area contributed by atoms with Crippen molar-refractivity contribution in [3.63, 3.8) is 0 Å². The molecule has 0 unspecified atom stereocenters. The number of pyridine rings is 1. The molecule has 0 fully saturated rings. The van der Waals surface area contributed by atoms with Gasteiger partial charge in [-0.2, -0.15) is 5.10 Å². The topological polar surface area (TPSA) is 105 Å². The molecule has 2 heterocycles. The molecule has 4 rings (SSSR count). The van der Waals surface area contributed by atoms with Crippen molar-refractivity contribution in [1.82, 2.24) is 20.1 Å². The van der Waals surface area contributed by atoms with Gasteiger partial charge in [-0.3, -0.25) is 14.6 Å². The van der Waals surface area contributed by atoms with Gasteiger partial charge >= 0.3 is 0 Å². The van der Waals surface area contributed by atoms with Crippen LogP contribution < -0.4 is 25.1 Å². The maximum Gasteiger partial charge on any atom is 0.275 e. The zero-order chi connectivity index (χ0) is 26.2. The third-order valence-electron chi connectivity index (χ3n) is 5.57. The predicted octanol–water partition coefficient (Wildman–Crippen LogP) is 3.97. The SMILES string of the molecule is CCOc1cc(C(=O)NCc2nn(Cc3ccccn3)c(=O)c3ccccc23)cc(OCC)c1OCC. The molecular weight excluding hydrogens is 472 g/mol. The third kappa shape index (κ3) is 5.88. The van der Waals surface area contributed by atoms with E-state index in [2.05, 4.69) is 15.4 Å². The Bertz CT molecular complexity index is 1410. The average molecular weight is 503 g/mol. The summed E-state index contributed by atoms with van der Waals surface area (Å²) in [4.78, 5) is 30.6. The van der Waals surface area contributed by atoms with Crippen molar-refractivity contribution >= 4 is 16.7 Å².